The highest BCUT2D eigenvalue weighted by Gasteiger charge is 2.46. The number of ether oxygens (including phenoxy) is 1. The van der Waals surface area contributed by atoms with Crippen molar-refractivity contribution in [3.8, 4) is 5.75 Å². The number of benzene rings is 1. The Balaban J connectivity index is 1.35. The van der Waals surface area contributed by atoms with E-state index in [2.05, 4.69) is 10.0 Å². The molecule has 3 aliphatic heterocycles. The second-order valence-corrected chi connectivity index (χ2v) is 11.1. The van der Waals surface area contributed by atoms with Gasteiger partial charge in [-0.05, 0) is 44.9 Å². The quantitative estimate of drug-likeness (QED) is 0.352. The van der Waals surface area contributed by atoms with Crippen LogP contribution in [0.25, 0.3) is 0 Å². The van der Waals surface area contributed by atoms with Gasteiger partial charge in [0, 0.05) is 25.9 Å². The molecule has 0 aliphatic carbocycles. The second kappa shape index (κ2) is 10.3. The Hall–Kier alpha value is -3.32. The standard InChI is InChI=1S/C23H28N4O8S/c1-24-36(33,34)14-5-3-11-26(13-14)19(29)8-4-12-35-17-7-2-6-15-20(17)23(32)27(22(15)31)16-9-10-18(28)25-21(16)30/h2,6-7,14,16,24H,3-5,8-13H2,1H3,(H,25,28,30). The van der Waals surface area contributed by atoms with Crippen LogP contribution in [-0.2, 0) is 24.4 Å². The van der Waals surface area contributed by atoms with E-state index < -0.39 is 44.9 Å². The first-order valence-electron chi connectivity index (χ1n) is 11.8. The summed E-state index contributed by atoms with van der Waals surface area (Å²) in [4.78, 5) is 64.7. The maximum Gasteiger partial charge on any atom is 0.266 e. The van der Waals surface area contributed by atoms with Crippen molar-refractivity contribution in [2.24, 2.45) is 0 Å². The number of carbonyl (C=O) groups excluding carboxylic acids is 5. The predicted molar refractivity (Wildman–Crippen MR) is 125 cm³/mol. The van der Waals surface area contributed by atoms with Crippen LogP contribution in [0.3, 0.4) is 0 Å². The van der Waals surface area contributed by atoms with Crippen molar-refractivity contribution in [2.75, 3.05) is 26.7 Å². The van der Waals surface area contributed by atoms with Crippen molar-refractivity contribution in [2.45, 2.75) is 49.8 Å². The number of hydrogen-bond donors (Lipinski definition) is 2. The highest BCUT2D eigenvalue weighted by atomic mass is 32.2. The molecule has 1 aromatic rings. The SMILES string of the molecule is CNS(=O)(=O)C1CCCN(C(=O)CCCOc2cccc3c2C(=O)N(C2CCC(=O)NC2=O)C3=O)C1. The van der Waals surface area contributed by atoms with Crippen molar-refractivity contribution in [3.05, 3.63) is 29.3 Å². The molecule has 2 atom stereocenters. The number of fused-ring (bicyclic) bond motifs is 1. The fourth-order valence-corrected chi connectivity index (χ4v) is 5.94. The van der Waals surface area contributed by atoms with Crippen molar-refractivity contribution in [3.63, 3.8) is 0 Å². The molecule has 2 unspecified atom stereocenters. The number of imide groups is 2. The lowest BCUT2D eigenvalue weighted by Gasteiger charge is -2.32. The number of likely N-dealkylation sites (tertiary alicyclic amines) is 1. The number of piperidine rings is 2. The number of amides is 5. The summed E-state index contributed by atoms with van der Waals surface area (Å²) in [5.41, 5.74) is 0.165. The highest BCUT2D eigenvalue weighted by molar-refractivity contribution is 7.90. The van der Waals surface area contributed by atoms with Crippen LogP contribution in [0, 0.1) is 0 Å². The van der Waals surface area contributed by atoms with E-state index in [1.807, 2.05) is 0 Å². The molecule has 36 heavy (non-hydrogen) atoms. The van der Waals surface area contributed by atoms with Crippen LogP contribution >= 0.6 is 0 Å². The zero-order chi connectivity index (χ0) is 26.0. The lowest BCUT2D eigenvalue weighted by atomic mass is 10.0. The Bertz CT molecular complexity index is 1210. The zero-order valence-electron chi connectivity index (χ0n) is 19.8. The minimum atomic E-state index is -3.46. The topological polar surface area (TPSA) is 159 Å². The Morgan fingerprint density at radius 3 is 2.67 bits per heavy atom. The molecule has 0 spiro atoms. The molecule has 2 N–H and O–H groups in total. The minimum absolute atomic E-state index is 0.0276. The molecule has 1 aromatic carbocycles. The molecule has 2 fully saturated rings. The third-order valence-electron chi connectivity index (χ3n) is 6.68. The lowest BCUT2D eigenvalue weighted by molar-refractivity contribution is -0.136. The van der Waals surface area contributed by atoms with Gasteiger partial charge in [0.05, 0.1) is 23.0 Å². The number of carbonyl (C=O) groups is 5. The number of hydrogen-bond acceptors (Lipinski definition) is 8. The molecule has 2 saturated heterocycles. The third kappa shape index (κ3) is 4.98. The van der Waals surface area contributed by atoms with Crippen LogP contribution in [0.2, 0.25) is 0 Å². The van der Waals surface area contributed by atoms with E-state index in [1.54, 1.807) is 11.0 Å². The van der Waals surface area contributed by atoms with E-state index in [1.165, 1.54) is 19.2 Å². The van der Waals surface area contributed by atoms with E-state index in [4.69, 9.17) is 4.74 Å². The van der Waals surface area contributed by atoms with Crippen LogP contribution in [0.5, 0.6) is 5.75 Å². The fraction of sp³-hybridized carbons (Fsp3) is 0.522. The van der Waals surface area contributed by atoms with Crippen LogP contribution in [-0.4, -0.2) is 85.8 Å². The molecule has 0 saturated carbocycles. The molecule has 12 nitrogen and oxygen atoms in total. The highest BCUT2D eigenvalue weighted by Crippen LogP contribution is 2.33. The largest absolute Gasteiger partial charge is 0.493 e. The van der Waals surface area contributed by atoms with E-state index in [9.17, 15) is 32.4 Å². The molecule has 0 radical (unpaired) electrons. The van der Waals surface area contributed by atoms with Crippen LogP contribution in [0.4, 0.5) is 0 Å². The van der Waals surface area contributed by atoms with E-state index >= 15 is 0 Å². The van der Waals surface area contributed by atoms with Gasteiger partial charge in [0.2, 0.25) is 27.7 Å². The summed E-state index contributed by atoms with van der Waals surface area (Å²) >= 11 is 0. The van der Waals surface area contributed by atoms with Crippen LogP contribution in [0.15, 0.2) is 18.2 Å². The first kappa shape index (κ1) is 25.8. The Morgan fingerprint density at radius 1 is 1.17 bits per heavy atom. The number of sulfonamides is 1. The Morgan fingerprint density at radius 2 is 1.94 bits per heavy atom. The molecule has 5 amide bonds. The van der Waals surface area contributed by atoms with Gasteiger partial charge in [-0.1, -0.05) is 6.07 Å². The van der Waals surface area contributed by atoms with Gasteiger partial charge in [-0.2, -0.15) is 0 Å². The summed E-state index contributed by atoms with van der Waals surface area (Å²) in [7, 11) is -2.10. The zero-order valence-corrected chi connectivity index (χ0v) is 20.6. The Kier molecular flexibility index (Phi) is 7.41. The van der Waals surface area contributed by atoms with Gasteiger partial charge in [0.1, 0.15) is 11.8 Å². The molecule has 4 rings (SSSR count). The molecule has 13 heteroatoms. The van der Waals surface area contributed by atoms with E-state index in [-0.39, 0.29) is 55.2 Å². The maximum absolute atomic E-state index is 13.1. The summed E-state index contributed by atoms with van der Waals surface area (Å²) < 4.78 is 32.2. The summed E-state index contributed by atoms with van der Waals surface area (Å²) in [6.45, 7) is 0.727. The minimum Gasteiger partial charge on any atom is -0.493 e. The second-order valence-electron chi connectivity index (χ2n) is 8.93. The Labute approximate surface area is 208 Å². The molecule has 0 aromatic heterocycles. The fourth-order valence-electron chi connectivity index (χ4n) is 4.75. The van der Waals surface area contributed by atoms with E-state index in [0.717, 1.165) is 4.90 Å². The van der Waals surface area contributed by atoms with Gasteiger partial charge in [-0.15, -0.1) is 0 Å². The molecule has 3 heterocycles. The average molecular weight is 521 g/mol. The van der Waals surface area contributed by atoms with Gasteiger partial charge in [0.25, 0.3) is 11.8 Å². The lowest BCUT2D eigenvalue weighted by Crippen LogP contribution is -2.54. The summed E-state index contributed by atoms with van der Waals surface area (Å²) in [5.74, 6) is -2.43. The predicted octanol–water partition coefficient (Wildman–Crippen LogP) is -0.213. The van der Waals surface area contributed by atoms with Crippen molar-refractivity contribution < 1.29 is 37.1 Å². The van der Waals surface area contributed by atoms with E-state index in [0.29, 0.717) is 25.8 Å². The smallest absolute Gasteiger partial charge is 0.266 e. The molecular formula is C23H28N4O8S. The van der Waals surface area contributed by atoms with Crippen molar-refractivity contribution in [1.29, 1.82) is 0 Å². The van der Waals surface area contributed by atoms with Crippen molar-refractivity contribution in [1.82, 2.24) is 19.8 Å². The van der Waals surface area contributed by atoms with Crippen LogP contribution < -0.4 is 14.8 Å². The maximum atomic E-state index is 13.1. The summed E-state index contributed by atoms with van der Waals surface area (Å²) in [5, 5.41) is 1.51. The van der Waals surface area contributed by atoms with Gasteiger partial charge < -0.3 is 9.64 Å². The number of rotatable bonds is 8. The van der Waals surface area contributed by atoms with Crippen LogP contribution in [0.1, 0.15) is 59.2 Å². The van der Waals surface area contributed by atoms with Gasteiger partial charge in [-0.25, -0.2) is 13.1 Å². The summed E-state index contributed by atoms with van der Waals surface area (Å²) in [6.07, 6.45) is 1.64. The van der Waals surface area contributed by atoms with Crippen molar-refractivity contribution >= 4 is 39.6 Å². The monoisotopic (exact) mass is 520 g/mol. The van der Waals surface area contributed by atoms with Gasteiger partial charge >= 0.3 is 0 Å². The molecule has 3 aliphatic rings. The first-order chi connectivity index (χ1) is 17.1. The average Bonchev–Trinajstić information content (AvgIpc) is 3.12. The van der Waals surface area contributed by atoms with Gasteiger partial charge in [-0.3, -0.25) is 34.2 Å². The summed E-state index contributed by atoms with van der Waals surface area (Å²) in [6, 6.07) is 3.51. The normalized spacial score (nSPS) is 22.5. The van der Waals surface area contributed by atoms with Gasteiger partial charge in [0.15, 0.2) is 0 Å². The molecular weight excluding hydrogens is 492 g/mol. The molecule has 194 valence electrons. The number of nitrogens with one attached hydrogen (secondary N) is 2. The molecule has 0 bridgehead atoms. The third-order valence-corrected chi connectivity index (χ3v) is 8.51. The first-order valence-corrected chi connectivity index (χ1v) is 13.4. The number of nitrogens with zero attached hydrogens (tertiary/aromatic N) is 2.